The lowest BCUT2D eigenvalue weighted by Crippen LogP contribution is -2.00. The second-order valence-electron chi connectivity index (χ2n) is 3.09. The topological polar surface area (TPSA) is 26.3 Å². The number of ether oxygens (including phenoxy) is 1. The molecule has 15 heavy (non-hydrogen) atoms. The molecule has 1 aromatic carbocycles. The van der Waals surface area contributed by atoms with Gasteiger partial charge < -0.3 is 4.74 Å². The van der Waals surface area contributed by atoms with Crippen LogP contribution >= 0.6 is 0 Å². The third kappa shape index (κ3) is 3.54. The van der Waals surface area contributed by atoms with Crippen molar-refractivity contribution in [2.45, 2.75) is 13.8 Å². The summed E-state index contributed by atoms with van der Waals surface area (Å²) in [4.78, 5) is 11.1. The molecule has 0 amide bonds. The standard InChI is InChI=1S/C12H13FO2/c1-3-15-12(14)8-9(2)10-4-6-11(13)7-5-10/h4-8H,3H2,1-2H3/b9-8-. The Kier molecular flexibility index (Phi) is 4.03. The van der Waals surface area contributed by atoms with Gasteiger partial charge in [-0.05, 0) is 37.1 Å². The van der Waals surface area contributed by atoms with E-state index in [1.165, 1.54) is 18.2 Å². The van der Waals surface area contributed by atoms with E-state index in [1.807, 2.05) is 0 Å². The lowest BCUT2D eigenvalue weighted by atomic mass is 10.1. The molecule has 0 fully saturated rings. The summed E-state index contributed by atoms with van der Waals surface area (Å²) >= 11 is 0. The molecule has 2 nitrogen and oxygen atoms in total. The van der Waals surface area contributed by atoms with E-state index >= 15 is 0 Å². The van der Waals surface area contributed by atoms with E-state index < -0.39 is 0 Å². The first-order valence-corrected chi connectivity index (χ1v) is 4.74. The summed E-state index contributed by atoms with van der Waals surface area (Å²) in [6.45, 7) is 3.88. The SMILES string of the molecule is CCOC(=O)/C=C(/C)c1ccc(F)cc1. The Morgan fingerprint density at radius 2 is 2.00 bits per heavy atom. The van der Waals surface area contributed by atoms with Crippen LogP contribution in [0.4, 0.5) is 4.39 Å². The van der Waals surface area contributed by atoms with Gasteiger partial charge in [-0.2, -0.15) is 0 Å². The molecule has 1 rings (SSSR count). The average Bonchev–Trinajstić information content (AvgIpc) is 2.18. The normalized spacial score (nSPS) is 11.3. The van der Waals surface area contributed by atoms with Crippen LogP contribution < -0.4 is 0 Å². The fraction of sp³-hybridized carbons (Fsp3) is 0.250. The maximum Gasteiger partial charge on any atom is 0.331 e. The van der Waals surface area contributed by atoms with Crippen LogP contribution in [0.15, 0.2) is 30.3 Å². The molecule has 0 aliphatic heterocycles. The monoisotopic (exact) mass is 208 g/mol. The van der Waals surface area contributed by atoms with Crippen molar-refractivity contribution in [1.82, 2.24) is 0 Å². The zero-order valence-electron chi connectivity index (χ0n) is 8.79. The number of carbonyl (C=O) groups excluding carboxylic acids is 1. The molecule has 0 radical (unpaired) electrons. The zero-order valence-corrected chi connectivity index (χ0v) is 8.79. The molecular formula is C12H13FO2. The molecule has 1 aromatic rings. The van der Waals surface area contributed by atoms with Gasteiger partial charge in [-0.3, -0.25) is 0 Å². The number of benzene rings is 1. The fourth-order valence-electron chi connectivity index (χ4n) is 1.16. The number of hydrogen-bond donors (Lipinski definition) is 0. The zero-order chi connectivity index (χ0) is 11.3. The third-order valence-electron chi connectivity index (χ3n) is 1.92. The molecule has 0 heterocycles. The van der Waals surface area contributed by atoms with Crippen LogP contribution in [0.25, 0.3) is 5.57 Å². The highest BCUT2D eigenvalue weighted by molar-refractivity contribution is 5.90. The second kappa shape index (κ2) is 5.29. The summed E-state index contributed by atoms with van der Waals surface area (Å²) < 4.78 is 17.4. The molecule has 0 spiro atoms. The molecule has 0 unspecified atom stereocenters. The first kappa shape index (κ1) is 11.4. The summed E-state index contributed by atoms with van der Waals surface area (Å²) in [6.07, 6.45) is 1.40. The average molecular weight is 208 g/mol. The van der Waals surface area contributed by atoms with E-state index in [-0.39, 0.29) is 11.8 Å². The Morgan fingerprint density at radius 3 is 2.53 bits per heavy atom. The van der Waals surface area contributed by atoms with Crippen molar-refractivity contribution >= 4 is 11.5 Å². The number of esters is 1. The maximum atomic E-state index is 12.6. The van der Waals surface area contributed by atoms with Crippen molar-refractivity contribution < 1.29 is 13.9 Å². The molecule has 0 aromatic heterocycles. The van der Waals surface area contributed by atoms with Crippen LogP contribution in [0.1, 0.15) is 19.4 Å². The molecule has 0 N–H and O–H groups in total. The Morgan fingerprint density at radius 1 is 1.40 bits per heavy atom. The number of halogens is 1. The van der Waals surface area contributed by atoms with Crippen LogP contribution in [-0.4, -0.2) is 12.6 Å². The van der Waals surface area contributed by atoms with Crippen molar-refractivity contribution in [2.75, 3.05) is 6.61 Å². The van der Waals surface area contributed by atoms with E-state index in [9.17, 15) is 9.18 Å². The first-order chi connectivity index (χ1) is 7.13. The highest BCUT2D eigenvalue weighted by Gasteiger charge is 2.00. The summed E-state index contributed by atoms with van der Waals surface area (Å²) in [7, 11) is 0. The van der Waals surface area contributed by atoms with Crippen LogP contribution in [0.5, 0.6) is 0 Å². The maximum absolute atomic E-state index is 12.6. The number of hydrogen-bond acceptors (Lipinski definition) is 2. The van der Waals surface area contributed by atoms with Crippen LogP contribution in [0, 0.1) is 5.82 Å². The molecule has 0 atom stereocenters. The van der Waals surface area contributed by atoms with Gasteiger partial charge in [0.25, 0.3) is 0 Å². The van der Waals surface area contributed by atoms with Crippen molar-refractivity contribution in [3.05, 3.63) is 41.7 Å². The Balaban J connectivity index is 2.79. The molecule has 0 saturated carbocycles. The molecule has 0 aliphatic rings. The van der Waals surface area contributed by atoms with E-state index in [4.69, 9.17) is 4.74 Å². The summed E-state index contributed by atoms with van der Waals surface area (Å²) in [5, 5.41) is 0. The van der Waals surface area contributed by atoms with Crippen LogP contribution in [0.3, 0.4) is 0 Å². The smallest absolute Gasteiger partial charge is 0.331 e. The third-order valence-corrected chi connectivity index (χ3v) is 1.92. The molecule has 0 aliphatic carbocycles. The van der Waals surface area contributed by atoms with E-state index in [1.54, 1.807) is 26.0 Å². The van der Waals surface area contributed by atoms with Crippen molar-refractivity contribution in [3.8, 4) is 0 Å². The predicted octanol–water partition coefficient (Wildman–Crippen LogP) is 2.79. The van der Waals surface area contributed by atoms with Crippen LogP contribution in [-0.2, 0) is 9.53 Å². The molecule has 0 bridgehead atoms. The van der Waals surface area contributed by atoms with E-state index in [2.05, 4.69) is 0 Å². The fourth-order valence-corrected chi connectivity index (χ4v) is 1.16. The number of allylic oxidation sites excluding steroid dienone is 1. The Hall–Kier alpha value is -1.64. The molecule has 3 heteroatoms. The van der Waals surface area contributed by atoms with Crippen molar-refractivity contribution in [1.29, 1.82) is 0 Å². The van der Waals surface area contributed by atoms with Gasteiger partial charge in [0.05, 0.1) is 6.61 Å². The summed E-state index contributed by atoms with van der Waals surface area (Å²) in [5.74, 6) is -0.665. The van der Waals surface area contributed by atoms with Crippen LogP contribution in [0.2, 0.25) is 0 Å². The largest absolute Gasteiger partial charge is 0.463 e. The van der Waals surface area contributed by atoms with Gasteiger partial charge in [0.1, 0.15) is 5.82 Å². The minimum atomic E-state index is -0.376. The minimum absolute atomic E-state index is 0.289. The van der Waals surface area contributed by atoms with Crippen molar-refractivity contribution in [2.24, 2.45) is 0 Å². The lowest BCUT2D eigenvalue weighted by molar-refractivity contribution is -0.137. The van der Waals surface area contributed by atoms with E-state index in [0.717, 1.165) is 11.1 Å². The van der Waals surface area contributed by atoms with Gasteiger partial charge in [0, 0.05) is 6.08 Å². The molecule has 0 saturated heterocycles. The number of rotatable bonds is 3. The highest BCUT2D eigenvalue weighted by atomic mass is 19.1. The van der Waals surface area contributed by atoms with Gasteiger partial charge in [0.2, 0.25) is 0 Å². The molecular weight excluding hydrogens is 195 g/mol. The van der Waals surface area contributed by atoms with Gasteiger partial charge in [-0.1, -0.05) is 12.1 Å². The van der Waals surface area contributed by atoms with Gasteiger partial charge in [-0.25, -0.2) is 9.18 Å². The predicted molar refractivity (Wildman–Crippen MR) is 56.7 cm³/mol. The molecule has 80 valence electrons. The van der Waals surface area contributed by atoms with Gasteiger partial charge in [0.15, 0.2) is 0 Å². The lowest BCUT2D eigenvalue weighted by Gasteiger charge is -2.01. The Labute approximate surface area is 88.4 Å². The second-order valence-corrected chi connectivity index (χ2v) is 3.09. The first-order valence-electron chi connectivity index (χ1n) is 4.74. The number of carbonyl (C=O) groups is 1. The summed E-state index contributed by atoms with van der Waals surface area (Å²) in [5.41, 5.74) is 1.57. The van der Waals surface area contributed by atoms with E-state index in [0.29, 0.717) is 6.61 Å². The van der Waals surface area contributed by atoms with Crippen molar-refractivity contribution in [3.63, 3.8) is 0 Å². The quantitative estimate of drug-likeness (QED) is 0.564. The van der Waals surface area contributed by atoms with Gasteiger partial charge >= 0.3 is 5.97 Å². The van der Waals surface area contributed by atoms with Gasteiger partial charge in [-0.15, -0.1) is 0 Å². The summed E-state index contributed by atoms with van der Waals surface area (Å²) in [6, 6.07) is 5.97. The minimum Gasteiger partial charge on any atom is -0.463 e. The Bertz CT molecular complexity index is 366. The highest BCUT2D eigenvalue weighted by Crippen LogP contribution is 2.13.